The summed E-state index contributed by atoms with van der Waals surface area (Å²) in [5, 5.41) is 0. The standard InChI is InChI=1S/C15H13F3N4O4S2/c1-3-9-11(28(24,25)26)4-5-19-12(9)14-21-10-6-8(27(23)15(16,17)18)7-20-13(10)22(14)2/h4-7H,3H2,1-2H3,(H,24,25,26). The topological polar surface area (TPSA) is 115 Å². The molecule has 3 aromatic heterocycles. The van der Waals surface area contributed by atoms with Crippen molar-refractivity contribution < 1.29 is 30.4 Å². The highest BCUT2D eigenvalue weighted by atomic mass is 32.2. The zero-order chi connectivity index (χ0) is 20.9. The minimum atomic E-state index is -4.94. The number of nitrogens with zero attached hydrogens (tertiary/aromatic N) is 4. The van der Waals surface area contributed by atoms with E-state index < -0.39 is 31.3 Å². The molecule has 1 N–H and O–H groups in total. The van der Waals surface area contributed by atoms with Crippen molar-refractivity contribution in [2.75, 3.05) is 0 Å². The normalized spacial score (nSPS) is 13.8. The fraction of sp³-hybridized carbons (Fsp3) is 0.267. The van der Waals surface area contributed by atoms with E-state index in [0.717, 1.165) is 18.3 Å². The van der Waals surface area contributed by atoms with Crippen molar-refractivity contribution >= 4 is 32.1 Å². The number of aromatic nitrogens is 4. The van der Waals surface area contributed by atoms with Crippen molar-refractivity contribution in [3.63, 3.8) is 0 Å². The molecule has 0 radical (unpaired) electrons. The number of aryl methyl sites for hydroxylation is 1. The summed E-state index contributed by atoms with van der Waals surface area (Å²) in [7, 11) is -6.24. The van der Waals surface area contributed by atoms with Gasteiger partial charge in [-0.15, -0.1) is 0 Å². The van der Waals surface area contributed by atoms with Crippen LogP contribution in [0.15, 0.2) is 34.3 Å². The lowest BCUT2D eigenvalue weighted by atomic mass is 10.1. The maximum absolute atomic E-state index is 12.7. The predicted octanol–water partition coefficient (Wildman–Crippen LogP) is 2.47. The van der Waals surface area contributed by atoms with Gasteiger partial charge in [0, 0.05) is 25.0 Å². The molecule has 0 bridgehead atoms. The van der Waals surface area contributed by atoms with Gasteiger partial charge in [-0.25, -0.2) is 14.2 Å². The minimum absolute atomic E-state index is 0.0358. The van der Waals surface area contributed by atoms with Crippen LogP contribution in [0.1, 0.15) is 12.5 Å². The molecule has 8 nitrogen and oxygen atoms in total. The molecule has 3 rings (SSSR count). The van der Waals surface area contributed by atoms with Crippen LogP contribution in [0.5, 0.6) is 0 Å². The van der Waals surface area contributed by atoms with E-state index in [2.05, 4.69) is 15.0 Å². The molecule has 3 aromatic rings. The highest BCUT2D eigenvalue weighted by Gasteiger charge is 2.38. The van der Waals surface area contributed by atoms with Crippen molar-refractivity contribution in [2.45, 2.75) is 28.6 Å². The molecule has 1 unspecified atom stereocenters. The molecule has 150 valence electrons. The average molecular weight is 434 g/mol. The van der Waals surface area contributed by atoms with Crippen molar-refractivity contribution in [1.29, 1.82) is 0 Å². The lowest BCUT2D eigenvalue weighted by Crippen LogP contribution is -2.16. The Bertz CT molecular complexity index is 1210. The number of hydrogen-bond donors (Lipinski definition) is 1. The molecule has 0 aliphatic carbocycles. The van der Waals surface area contributed by atoms with E-state index in [-0.39, 0.29) is 39.6 Å². The van der Waals surface area contributed by atoms with Gasteiger partial charge in [0.2, 0.25) is 0 Å². The number of alkyl halides is 3. The van der Waals surface area contributed by atoms with E-state index in [0.29, 0.717) is 0 Å². The SMILES string of the molecule is CCc1c(S(=O)(=O)O)ccnc1-c1nc2cc(S(=O)C(F)(F)F)cnc2n1C. The molecule has 0 saturated carbocycles. The van der Waals surface area contributed by atoms with Gasteiger partial charge in [-0.1, -0.05) is 6.92 Å². The Labute approximate surface area is 159 Å². The smallest absolute Gasteiger partial charge is 0.311 e. The maximum Gasteiger partial charge on any atom is 0.475 e. The Hall–Kier alpha value is -2.38. The third-order valence-corrected chi connectivity index (χ3v) is 5.97. The van der Waals surface area contributed by atoms with Gasteiger partial charge in [0.25, 0.3) is 10.1 Å². The largest absolute Gasteiger partial charge is 0.475 e. The molecule has 1 atom stereocenters. The van der Waals surface area contributed by atoms with Crippen LogP contribution in [0.3, 0.4) is 0 Å². The highest BCUT2D eigenvalue weighted by molar-refractivity contribution is 7.86. The first-order valence-electron chi connectivity index (χ1n) is 7.72. The number of pyridine rings is 2. The maximum atomic E-state index is 12.7. The van der Waals surface area contributed by atoms with Crippen LogP contribution in [0.25, 0.3) is 22.7 Å². The molecule has 13 heteroatoms. The van der Waals surface area contributed by atoms with Gasteiger partial charge in [-0.3, -0.25) is 9.54 Å². The summed E-state index contributed by atoms with van der Waals surface area (Å²) in [6, 6.07) is 2.15. The van der Waals surface area contributed by atoms with Gasteiger partial charge in [-0.2, -0.15) is 21.6 Å². The number of hydrogen-bond acceptors (Lipinski definition) is 6. The van der Waals surface area contributed by atoms with Crippen LogP contribution >= 0.6 is 0 Å². The molecule has 3 heterocycles. The van der Waals surface area contributed by atoms with Crippen LogP contribution < -0.4 is 0 Å². The van der Waals surface area contributed by atoms with Crippen LogP contribution in [0, 0.1) is 0 Å². The molecule has 0 amide bonds. The summed E-state index contributed by atoms with van der Waals surface area (Å²) in [4.78, 5) is 11.3. The molecule has 0 spiro atoms. The van der Waals surface area contributed by atoms with Gasteiger partial charge in [0.15, 0.2) is 22.3 Å². The van der Waals surface area contributed by atoms with E-state index in [9.17, 15) is 30.4 Å². The molecule has 0 aromatic carbocycles. The third-order valence-electron chi connectivity index (χ3n) is 3.96. The van der Waals surface area contributed by atoms with E-state index in [1.807, 2.05) is 0 Å². The van der Waals surface area contributed by atoms with Gasteiger partial charge < -0.3 is 4.57 Å². The van der Waals surface area contributed by atoms with Crippen molar-refractivity contribution in [2.24, 2.45) is 7.05 Å². The van der Waals surface area contributed by atoms with E-state index in [4.69, 9.17) is 0 Å². The lowest BCUT2D eigenvalue weighted by molar-refractivity contribution is -0.0384. The zero-order valence-corrected chi connectivity index (χ0v) is 16.1. The summed E-state index contributed by atoms with van der Waals surface area (Å²) >= 11 is 0. The van der Waals surface area contributed by atoms with E-state index >= 15 is 0 Å². The molecule has 0 aliphatic heterocycles. The van der Waals surface area contributed by atoms with Gasteiger partial charge in [-0.05, 0) is 18.6 Å². The van der Waals surface area contributed by atoms with E-state index in [1.54, 1.807) is 6.92 Å². The fourth-order valence-electron chi connectivity index (χ4n) is 2.76. The molecule has 28 heavy (non-hydrogen) atoms. The van der Waals surface area contributed by atoms with Crippen LogP contribution in [0.4, 0.5) is 13.2 Å². The summed E-state index contributed by atoms with van der Waals surface area (Å²) < 4.78 is 83.7. The first-order chi connectivity index (χ1) is 12.9. The van der Waals surface area contributed by atoms with Crippen molar-refractivity contribution in [3.05, 3.63) is 30.1 Å². The first kappa shape index (κ1) is 20.4. The second-order valence-electron chi connectivity index (χ2n) is 5.69. The molecule has 0 fully saturated rings. The first-order valence-corrected chi connectivity index (χ1v) is 10.3. The molecular formula is C15H13F3N4O4S2. The summed E-state index contributed by atoms with van der Waals surface area (Å²) in [6.07, 6.45) is 2.22. The minimum Gasteiger partial charge on any atom is -0.311 e. The fourth-order valence-corrected chi connectivity index (χ4v) is 4.17. The van der Waals surface area contributed by atoms with Crippen molar-refractivity contribution in [3.8, 4) is 11.5 Å². The Morgan fingerprint density at radius 2 is 1.96 bits per heavy atom. The van der Waals surface area contributed by atoms with Crippen LogP contribution in [0.2, 0.25) is 0 Å². The predicted molar refractivity (Wildman–Crippen MR) is 93.4 cm³/mol. The summed E-state index contributed by atoms with van der Waals surface area (Å²) in [5.74, 6) is 0.139. The Balaban J connectivity index is 2.23. The average Bonchev–Trinajstić information content (AvgIpc) is 2.94. The van der Waals surface area contributed by atoms with Crippen molar-refractivity contribution in [1.82, 2.24) is 19.5 Å². The molecule has 0 aliphatic rings. The quantitative estimate of drug-likeness (QED) is 0.627. The number of imidazole rings is 1. The zero-order valence-electron chi connectivity index (χ0n) is 14.4. The Morgan fingerprint density at radius 1 is 1.29 bits per heavy atom. The van der Waals surface area contributed by atoms with Crippen LogP contribution in [-0.4, -0.2) is 42.2 Å². The van der Waals surface area contributed by atoms with Gasteiger partial charge >= 0.3 is 5.51 Å². The second kappa shape index (κ2) is 6.90. The number of rotatable bonds is 4. The summed E-state index contributed by atoms with van der Waals surface area (Å²) in [5.41, 5.74) is -4.37. The monoisotopic (exact) mass is 434 g/mol. The van der Waals surface area contributed by atoms with Crippen LogP contribution in [-0.2, 0) is 34.4 Å². The van der Waals surface area contributed by atoms with Gasteiger partial charge in [0.1, 0.15) is 16.1 Å². The van der Waals surface area contributed by atoms with Gasteiger partial charge in [0.05, 0.1) is 4.90 Å². The third kappa shape index (κ3) is 3.52. The Kier molecular flexibility index (Phi) is 5.02. The molecular weight excluding hydrogens is 421 g/mol. The number of halogens is 3. The lowest BCUT2D eigenvalue weighted by Gasteiger charge is -2.10. The van der Waals surface area contributed by atoms with E-state index in [1.165, 1.54) is 17.8 Å². The molecule has 0 saturated heterocycles. The second-order valence-corrected chi connectivity index (χ2v) is 8.55. The highest BCUT2D eigenvalue weighted by Crippen LogP contribution is 2.31. The Morgan fingerprint density at radius 3 is 2.54 bits per heavy atom. The number of fused-ring (bicyclic) bond motifs is 1. The summed E-state index contributed by atoms with van der Waals surface area (Å²) in [6.45, 7) is 1.65.